The van der Waals surface area contributed by atoms with E-state index in [4.69, 9.17) is 9.47 Å². The zero-order valence-electron chi connectivity index (χ0n) is 16.7. The number of nitrogens with zero attached hydrogens (tertiary/aromatic N) is 2. The van der Waals surface area contributed by atoms with Crippen LogP contribution in [0.1, 0.15) is 17.0 Å². The third kappa shape index (κ3) is 4.66. The van der Waals surface area contributed by atoms with Crippen LogP contribution in [0.5, 0.6) is 11.5 Å². The Morgan fingerprint density at radius 2 is 1.79 bits per heavy atom. The predicted molar refractivity (Wildman–Crippen MR) is 109 cm³/mol. The molecule has 0 aliphatic carbocycles. The molecule has 3 aromatic rings. The van der Waals surface area contributed by atoms with Gasteiger partial charge in [-0.2, -0.15) is 5.10 Å². The van der Waals surface area contributed by atoms with Gasteiger partial charge in [-0.3, -0.25) is 4.68 Å². The third-order valence-corrected chi connectivity index (χ3v) is 4.52. The second kappa shape index (κ2) is 8.64. The second-order valence-electron chi connectivity index (χ2n) is 6.48. The standard InChI is InChI=1S/C21H23FN4O3/c1-13-20(14(2)26(25-13)12-15-5-7-16(22)8-6-15)24-21(27)23-18-11-17(28-3)9-10-19(18)29-4/h5-11H,12H2,1-4H3,(H2,23,24,27). The number of rotatable bonds is 6. The lowest BCUT2D eigenvalue weighted by Crippen LogP contribution is -2.20. The molecule has 0 aliphatic rings. The smallest absolute Gasteiger partial charge is 0.323 e. The molecule has 1 heterocycles. The summed E-state index contributed by atoms with van der Waals surface area (Å²) in [4.78, 5) is 12.6. The van der Waals surface area contributed by atoms with Gasteiger partial charge in [0.25, 0.3) is 0 Å². The number of aromatic nitrogens is 2. The zero-order valence-corrected chi connectivity index (χ0v) is 16.7. The molecule has 0 aliphatic heterocycles. The van der Waals surface area contributed by atoms with Crippen LogP contribution < -0.4 is 20.1 Å². The largest absolute Gasteiger partial charge is 0.497 e. The summed E-state index contributed by atoms with van der Waals surface area (Å²) in [6.07, 6.45) is 0. The highest BCUT2D eigenvalue weighted by atomic mass is 19.1. The van der Waals surface area contributed by atoms with E-state index in [-0.39, 0.29) is 5.82 Å². The minimum Gasteiger partial charge on any atom is -0.497 e. The fourth-order valence-corrected chi connectivity index (χ4v) is 2.97. The van der Waals surface area contributed by atoms with Crippen molar-refractivity contribution >= 4 is 17.4 Å². The number of hydrogen-bond donors (Lipinski definition) is 2. The Labute approximate surface area is 168 Å². The Morgan fingerprint density at radius 1 is 1.07 bits per heavy atom. The Balaban J connectivity index is 1.76. The number of amides is 2. The van der Waals surface area contributed by atoms with E-state index in [1.165, 1.54) is 19.2 Å². The van der Waals surface area contributed by atoms with Gasteiger partial charge in [-0.25, -0.2) is 9.18 Å². The molecule has 0 radical (unpaired) electrons. The first kappa shape index (κ1) is 20.2. The fraction of sp³-hybridized carbons (Fsp3) is 0.238. The van der Waals surface area contributed by atoms with E-state index >= 15 is 0 Å². The monoisotopic (exact) mass is 398 g/mol. The van der Waals surface area contributed by atoms with Gasteiger partial charge in [0.1, 0.15) is 17.3 Å². The Bertz CT molecular complexity index is 1020. The molecule has 0 fully saturated rings. The Kier molecular flexibility index (Phi) is 6.01. The Hall–Kier alpha value is -3.55. The van der Waals surface area contributed by atoms with Crippen LogP contribution in [0, 0.1) is 19.7 Å². The summed E-state index contributed by atoms with van der Waals surface area (Å²) in [5, 5.41) is 10.1. The van der Waals surface area contributed by atoms with Gasteiger partial charge in [0.2, 0.25) is 0 Å². The molecule has 0 saturated carbocycles. The highest BCUT2D eigenvalue weighted by Gasteiger charge is 2.16. The minimum atomic E-state index is -0.427. The van der Waals surface area contributed by atoms with Gasteiger partial charge < -0.3 is 20.1 Å². The number of urea groups is 1. The molecule has 0 atom stereocenters. The number of anilines is 2. The maximum absolute atomic E-state index is 13.1. The molecule has 8 heteroatoms. The van der Waals surface area contributed by atoms with E-state index < -0.39 is 6.03 Å². The summed E-state index contributed by atoms with van der Waals surface area (Å²) < 4.78 is 25.3. The number of methoxy groups -OCH3 is 2. The molecule has 1 aromatic heterocycles. The van der Waals surface area contributed by atoms with Gasteiger partial charge in [0, 0.05) is 6.07 Å². The summed E-state index contributed by atoms with van der Waals surface area (Å²) >= 11 is 0. The van der Waals surface area contributed by atoms with Crippen molar-refractivity contribution in [2.75, 3.05) is 24.9 Å². The maximum atomic E-state index is 13.1. The summed E-state index contributed by atoms with van der Waals surface area (Å²) in [6, 6.07) is 11.0. The molecule has 0 bridgehead atoms. The van der Waals surface area contributed by atoms with Crippen molar-refractivity contribution in [1.29, 1.82) is 0 Å². The van der Waals surface area contributed by atoms with Crippen molar-refractivity contribution in [1.82, 2.24) is 9.78 Å². The van der Waals surface area contributed by atoms with Crippen molar-refractivity contribution < 1.29 is 18.7 Å². The quantitative estimate of drug-likeness (QED) is 0.647. The SMILES string of the molecule is COc1ccc(OC)c(NC(=O)Nc2c(C)nn(Cc3ccc(F)cc3)c2C)c1. The predicted octanol–water partition coefficient (Wildman–Crippen LogP) is 4.35. The number of benzene rings is 2. The van der Waals surface area contributed by atoms with Crippen LogP contribution in [0.15, 0.2) is 42.5 Å². The summed E-state index contributed by atoms with van der Waals surface area (Å²) in [6.45, 7) is 4.15. The van der Waals surface area contributed by atoms with Gasteiger partial charge in [-0.1, -0.05) is 12.1 Å². The highest BCUT2D eigenvalue weighted by Crippen LogP contribution is 2.29. The van der Waals surface area contributed by atoms with E-state index in [9.17, 15) is 9.18 Å². The number of aryl methyl sites for hydroxylation is 1. The molecule has 2 N–H and O–H groups in total. The molecule has 2 aromatic carbocycles. The third-order valence-electron chi connectivity index (χ3n) is 4.52. The number of nitrogens with one attached hydrogen (secondary N) is 2. The lowest BCUT2D eigenvalue weighted by Gasteiger charge is -2.13. The highest BCUT2D eigenvalue weighted by molar-refractivity contribution is 6.01. The van der Waals surface area contributed by atoms with E-state index in [2.05, 4.69) is 15.7 Å². The van der Waals surface area contributed by atoms with Crippen molar-refractivity contribution in [3.8, 4) is 11.5 Å². The van der Waals surface area contributed by atoms with Crippen molar-refractivity contribution in [3.63, 3.8) is 0 Å². The minimum absolute atomic E-state index is 0.283. The Morgan fingerprint density at radius 3 is 2.45 bits per heavy atom. The molecule has 29 heavy (non-hydrogen) atoms. The average molecular weight is 398 g/mol. The molecule has 152 valence electrons. The van der Waals surface area contributed by atoms with E-state index in [0.717, 1.165) is 11.3 Å². The fourth-order valence-electron chi connectivity index (χ4n) is 2.97. The molecule has 0 unspecified atom stereocenters. The van der Waals surface area contributed by atoms with Crippen LogP contribution in [0.2, 0.25) is 0 Å². The van der Waals surface area contributed by atoms with Crippen LogP contribution in [0.25, 0.3) is 0 Å². The van der Waals surface area contributed by atoms with Crippen molar-refractivity contribution in [2.45, 2.75) is 20.4 Å². The summed E-state index contributed by atoms with van der Waals surface area (Å²) in [5.74, 6) is 0.830. The topological polar surface area (TPSA) is 77.4 Å². The number of carbonyl (C=O) groups excluding carboxylic acids is 1. The lowest BCUT2D eigenvalue weighted by atomic mass is 10.2. The van der Waals surface area contributed by atoms with Crippen molar-refractivity contribution in [3.05, 3.63) is 65.2 Å². The van der Waals surface area contributed by atoms with E-state index in [0.29, 0.717) is 35.1 Å². The number of carbonyl (C=O) groups is 1. The van der Waals surface area contributed by atoms with Gasteiger partial charge in [0.05, 0.1) is 43.5 Å². The molecular formula is C21H23FN4O3. The molecule has 0 spiro atoms. The second-order valence-corrected chi connectivity index (χ2v) is 6.48. The number of hydrogen-bond acceptors (Lipinski definition) is 4. The van der Waals surface area contributed by atoms with E-state index in [1.807, 2.05) is 13.8 Å². The zero-order chi connectivity index (χ0) is 21.0. The van der Waals surface area contributed by atoms with Crippen LogP contribution in [0.3, 0.4) is 0 Å². The molecule has 2 amide bonds. The number of ether oxygens (including phenoxy) is 2. The van der Waals surface area contributed by atoms with Crippen LogP contribution >= 0.6 is 0 Å². The maximum Gasteiger partial charge on any atom is 0.323 e. The van der Waals surface area contributed by atoms with Crippen molar-refractivity contribution in [2.24, 2.45) is 0 Å². The van der Waals surface area contributed by atoms with Gasteiger partial charge in [-0.05, 0) is 43.7 Å². The molecule has 0 saturated heterocycles. The first-order chi connectivity index (χ1) is 13.9. The summed E-state index contributed by atoms with van der Waals surface area (Å²) in [7, 11) is 3.08. The van der Waals surface area contributed by atoms with Gasteiger partial charge >= 0.3 is 6.03 Å². The molecule has 3 rings (SSSR count). The van der Waals surface area contributed by atoms with Crippen LogP contribution in [0.4, 0.5) is 20.6 Å². The molecular weight excluding hydrogens is 375 g/mol. The normalized spacial score (nSPS) is 10.5. The van der Waals surface area contributed by atoms with Crippen LogP contribution in [-0.4, -0.2) is 30.0 Å². The van der Waals surface area contributed by atoms with Gasteiger partial charge in [0.15, 0.2) is 0 Å². The number of halogens is 1. The first-order valence-electron chi connectivity index (χ1n) is 8.99. The van der Waals surface area contributed by atoms with Crippen LogP contribution in [-0.2, 0) is 6.54 Å². The average Bonchev–Trinajstić information content (AvgIpc) is 2.97. The summed E-state index contributed by atoms with van der Waals surface area (Å²) in [5.41, 5.74) is 3.48. The van der Waals surface area contributed by atoms with Gasteiger partial charge in [-0.15, -0.1) is 0 Å². The molecule has 7 nitrogen and oxygen atoms in total. The lowest BCUT2D eigenvalue weighted by molar-refractivity contribution is 0.262. The van der Waals surface area contributed by atoms with E-state index in [1.54, 1.807) is 42.1 Å². The first-order valence-corrected chi connectivity index (χ1v) is 8.99.